The van der Waals surface area contributed by atoms with Gasteiger partial charge in [-0.05, 0) is 63.3 Å². The number of rotatable bonds is 7. The first-order valence-electron chi connectivity index (χ1n) is 11.3. The van der Waals surface area contributed by atoms with E-state index in [2.05, 4.69) is 10.6 Å². The highest BCUT2D eigenvalue weighted by Crippen LogP contribution is 2.27. The number of amides is 3. The number of nitrogens with zero attached hydrogens (tertiary/aromatic N) is 2. The molecule has 10 heteroatoms. The van der Waals surface area contributed by atoms with E-state index in [0.29, 0.717) is 31.5 Å². The Morgan fingerprint density at radius 3 is 2.25 bits per heavy atom. The van der Waals surface area contributed by atoms with Crippen molar-refractivity contribution < 1.29 is 22.8 Å². The molecule has 2 N–H and O–H groups in total. The van der Waals surface area contributed by atoms with Crippen LogP contribution in [0.4, 0.5) is 5.69 Å². The van der Waals surface area contributed by atoms with E-state index in [-0.39, 0.29) is 47.7 Å². The van der Waals surface area contributed by atoms with E-state index >= 15 is 0 Å². The van der Waals surface area contributed by atoms with E-state index in [1.165, 1.54) is 16.4 Å². The second kappa shape index (κ2) is 9.19. The monoisotopic (exact) mass is 462 g/mol. The van der Waals surface area contributed by atoms with Crippen molar-refractivity contribution in [1.29, 1.82) is 0 Å². The maximum Gasteiger partial charge on any atom is 0.243 e. The van der Waals surface area contributed by atoms with Crippen molar-refractivity contribution in [2.24, 2.45) is 5.92 Å². The normalized spacial score (nSPS) is 21.4. The molecule has 0 bridgehead atoms. The average Bonchev–Trinajstić information content (AvgIpc) is 3.50. The fourth-order valence-corrected chi connectivity index (χ4v) is 5.65. The van der Waals surface area contributed by atoms with Crippen molar-refractivity contribution >= 4 is 33.4 Å². The molecular formula is C22H30N4O5S. The number of benzene rings is 1. The molecule has 1 aromatic rings. The molecule has 1 aromatic carbocycles. The lowest BCUT2D eigenvalue weighted by atomic mass is 9.97. The summed E-state index contributed by atoms with van der Waals surface area (Å²) in [7, 11) is -3.67. The fraction of sp³-hybridized carbons (Fsp3) is 0.591. The molecule has 0 unspecified atom stereocenters. The summed E-state index contributed by atoms with van der Waals surface area (Å²) in [6.45, 7) is 2.81. The van der Waals surface area contributed by atoms with E-state index in [9.17, 15) is 22.8 Å². The summed E-state index contributed by atoms with van der Waals surface area (Å²) in [4.78, 5) is 38.3. The number of carbonyl (C=O) groups excluding carboxylic acids is 3. The van der Waals surface area contributed by atoms with Gasteiger partial charge >= 0.3 is 0 Å². The molecule has 9 nitrogen and oxygen atoms in total. The van der Waals surface area contributed by atoms with Crippen molar-refractivity contribution in [3.8, 4) is 0 Å². The highest BCUT2D eigenvalue weighted by atomic mass is 32.2. The van der Waals surface area contributed by atoms with E-state index in [0.717, 1.165) is 19.3 Å². The Bertz CT molecular complexity index is 982. The number of nitrogens with one attached hydrogen (secondary N) is 2. The first-order valence-corrected chi connectivity index (χ1v) is 12.7. The summed E-state index contributed by atoms with van der Waals surface area (Å²) in [5.41, 5.74) is 0.710. The van der Waals surface area contributed by atoms with Gasteiger partial charge in [0.25, 0.3) is 0 Å². The highest BCUT2D eigenvalue weighted by molar-refractivity contribution is 7.89. The molecule has 3 amide bonds. The predicted molar refractivity (Wildman–Crippen MR) is 118 cm³/mol. The van der Waals surface area contributed by atoms with Crippen molar-refractivity contribution in [2.75, 3.05) is 24.5 Å². The van der Waals surface area contributed by atoms with Gasteiger partial charge in [-0.25, -0.2) is 8.42 Å². The molecular weight excluding hydrogens is 432 g/mol. The van der Waals surface area contributed by atoms with E-state index in [4.69, 9.17) is 0 Å². The molecule has 1 atom stereocenters. The first-order chi connectivity index (χ1) is 15.3. The van der Waals surface area contributed by atoms with E-state index < -0.39 is 16.1 Å². The summed E-state index contributed by atoms with van der Waals surface area (Å²) in [6.07, 6.45) is 4.11. The second-order valence-corrected chi connectivity index (χ2v) is 10.8. The number of hydrogen-bond donors (Lipinski definition) is 2. The zero-order valence-corrected chi connectivity index (χ0v) is 19.1. The van der Waals surface area contributed by atoms with E-state index in [1.807, 2.05) is 0 Å². The van der Waals surface area contributed by atoms with Crippen LogP contribution in [0.3, 0.4) is 0 Å². The van der Waals surface area contributed by atoms with Gasteiger partial charge in [-0.2, -0.15) is 4.31 Å². The van der Waals surface area contributed by atoms with Gasteiger partial charge in [0.1, 0.15) is 6.04 Å². The van der Waals surface area contributed by atoms with Gasteiger partial charge in [0.05, 0.1) is 4.90 Å². The van der Waals surface area contributed by atoms with Gasteiger partial charge in [0.15, 0.2) is 0 Å². The molecule has 3 fully saturated rings. The molecule has 2 aliphatic heterocycles. The SMILES string of the molecule is C[C@@H](NC(=O)C1CCN(S(=O)(=O)c2ccc(N3CCCC3=O)cc2)CC1)C(=O)NC1CC1. The van der Waals surface area contributed by atoms with Gasteiger partial charge in [0, 0.05) is 43.7 Å². The van der Waals surface area contributed by atoms with Crippen LogP contribution in [-0.4, -0.2) is 62.2 Å². The molecule has 2 heterocycles. The van der Waals surface area contributed by atoms with Crippen LogP contribution in [-0.2, 0) is 24.4 Å². The summed E-state index contributed by atoms with van der Waals surface area (Å²) in [6, 6.07) is 6.05. The lowest BCUT2D eigenvalue weighted by molar-refractivity contribution is -0.131. The number of hydrogen-bond acceptors (Lipinski definition) is 5. The Hall–Kier alpha value is -2.46. The molecule has 4 rings (SSSR count). The van der Waals surface area contributed by atoms with Crippen LogP contribution in [0.25, 0.3) is 0 Å². The number of sulfonamides is 1. The predicted octanol–water partition coefficient (Wildman–Crippen LogP) is 0.997. The van der Waals surface area contributed by atoms with Crippen LogP contribution < -0.4 is 15.5 Å². The smallest absolute Gasteiger partial charge is 0.243 e. The molecule has 1 saturated carbocycles. The molecule has 1 aliphatic carbocycles. The third-order valence-electron chi connectivity index (χ3n) is 6.36. The maximum atomic E-state index is 13.0. The van der Waals surface area contributed by atoms with Crippen LogP contribution in [0, 0.1) is 5.92 Å². The third-order valence-corrected chi connectivity index (χ3v) is 8.27. The Balaban J connectivity index is 1.31. The number of carbonyl (C=O) groups is 3. The van der Waals surface area contributed by atoms with Crippen LogP contribution in [0.15, 0.2) is 29.2 Å². The Labute approximate surface area is 188 Å². The molecule has 3 aliphatic rings. The molecule has 2 saturated heterocycles. The Kier molecular flexibility index (Phi) is 6.52. The Morgan fingerprint density at radius 2 is 1.69 bits per heavy atom. The van der Waals surface area contributed by atoms with Crippen molar-refractivity contribution in [2.45, 2.75) is 62.4 Å². The third kappa shape index (κ3) is 4.96. The van der Waals surface area contributed by atoms with Gasteiger partial charge in [0.2, 0.25) is 27.7 Å². The summed E-state index contributed by atoms with van der Waals surface area (Å²) < 4.78 is 27.5. The quantitative estimate of drug-likeness (QED) is 0.627. The van der Waals surface area contributed by atoms with Crippen LogP contribution in [0.2, 0.25) is 0 Å². The largest absolute Gasteiger partial charge is 0.352 e. The van der Waals surface area contributed by atoms with Gasteiger partial charge in [-0.3, -0.25) is 14.4 Å². The zero-order chi connectivity index (χ0) is 22.9. The molecule has 174 valence electrons. The molecule has 0 spiro atoms. The molecule has 0 radical (unpaired) electrons. The molecule has 32 heavy (non-hydrogen) atoms. The minimum atomic E-state index is -3.67. The Morgan fingerprint density at radius 1 is 1.03 bits per heavy atom. The topological polar surface area (TPSA) is 116 Å². The fourth-order valence-electron chi connectivity index (χ4n) is 4.18. The van der Waals surface area contributed by atoms with Crippen molar-refractivity contribution in [3.05, 3.63) is 24.3 Å². The second-order valence-electron chi connectivity index (χ2n) is 8.83. The van der Waals surface area contributed by atoms with E-state index in [1.54, 1.807) is 24.0 Å². The summed E-state index contributed by atoms with van der Waals surface area (Å²) in [5, 5.41) is 5.62. The summed E-state index contributed by atoms with van der Waals surface area (Å²) >= 11 is 0. The van der Waals surface area contributed by atoms with Crippen molar-refractivity contribution in [3.63, 3.8) is 0 Å². The van der Waals surface area contributed by atoms with Gasteiger partial charge in [-0.15, -0.1) is 0 Å². The van der Waals surface area contributed by atoms with Gasteiger partial charge < -0.3 is 15.5 Å². The summed E-state index contributed by atoms with van der Waals surface area (Å²) in [5.74, 6) is -0.651. The van der Waals surface area contributed by atoms with Crippen LogP contribution >= 0.6 is 0 Å². The lowest BCUT2D eigenvalue weighted by Crippen LogP contribution is -2.49. The van der Waals surface area contributed by atoms with Crippen molar-refractivity contribution in [1.82, 2.24) is 14.9 Å². The highest BCUT2D eigenvalue weighted by Gasteiger charge is 2.34. The molecule has 0 aromatic heterocycles. The lowest BCUT2D eigenvalue weighted by Gasteiger charge is -2.31. The maximum absolute atomic E-state index is 13.0. The standard InChI is InChI=1S/C22H30N4O5S/c1-15(21(28)24-17-4-5-17)23-22(29)16-10-13-25(14-11-16)32(30,31)19-8-6-18(7-9-19)26-12-2-3-20(26)27/h6-9,15-17H,2-5,10-14H2,1H3,(H,23,29)(H,24,28)/t15-/m1/s1. The minimum absolute atomic E-state index is 0.0558. The minimum Gasteiger partial charge on any atom is -0.352 e. The van der Waals surface area contributed by atoms with Gasteiger partial charge in [-0.1, -0.05) is 0 Å². The van der Waals surface area contributed by atoms with Crippen LogP contribution in [0.1, 0.15) is 45.4 Å². The average molecular weight is 463 g/mol. The number of piperidine rings is 1. The zero-order valence-electron chi connectivity index (χ0n) is 18.2. The van der Waals surface area contributed by atoms with Crippen LogP contribution in [0.5, 0.6) is 0 Å². The number of anilines is 1. The first kappa shape index (κ1) is 22.7.